The van der Waals surface area contributed by atoms with Crippen molar-refractivity contribution >= 4 is 21.6 Å². The first-order valence-corrected chi connectivity index (χ1v) is 7.09. The molecule has 0 aliphatic carbocycles. The van der Waals surface area contributed by atoms with Gasteiger partial charge >= 0.3 is 0 Å². The fourth-order valence-electron chi connectivity index (χ4n) is 1.97. The van der Waals surface area contributed by atoms with E-state index in [1.165, 1.54) is 5.56 Å². The summed E-state index contributed by atoms with van der Waals surface area (Å²) in [5.74, 6) is 0.910. The molecule has 102 valence electrons. The number of nitriles is 1. The van der Waals surface area contributed by atoms with E-state index >= 15 is 0 Å². The zero-order valence-electron chi connectivity index (χ0n) is 11.2. The van der Waals surface area contributed by atoms with Crippen molar-refractivity contribution in [3.05, 3.63) is 58.1 Å². The van der Waals surface area contributed by atoms with Gasteiger partial charge in [-0.2, -0.15) is 5.26 Å². The van der Waals surface area contributed by atoms with Gasteiger partial charge in [0, 0.05) is 16.7 Å². The van der Waals surface area contributed by atoms with Crippen LogP contribution in [0.4, 0.5) is 5.69 Å². The second-order valence-electron chi connectivity index (χ2n) is 4.30. The van der Waals surface area contributed by atoms with Crippen molar-refractivity contribution in [2.45, 2.75) is 6.42 Å². The minimum absolute atomic E-state index is 0.646. The predicted octanol–water partition coefficient (Wildman–Crippen LogP) is 3.98. The van der Waals surface area contributed by atoms with Crippen molar-refractivity contribution in [1.82, 2.24) is 0 Å². The number of halogens is 1. The standard InChI is InChI=1S/C16H15BrN2O/c1-20-16-5-3-2-4-13(16)8-9-19-15-7-6-12(11-18)10-14(15)17/h2-7,10,19H,8-9H2,1H3. The van der Waals surface area contributed by atoms with Crippen LogP contribution >= 0.6 is 15.9 Å². The lowest BCUT2D eigenvalue weighted by molar-refractivity contribution is 0.410. The molecule has 0 saturated carbocycles. The summed E-state index contributed by atoms with van der Waals surface area (Å²) in [4.78, 5) is 0. The van der Waals surface area contributed by atoms with Crippen molar-refractivity contribution in [2.24, 2.45) is 0 Å². The summed E-state index contributed by atoms with van der Waals surface area (Å²) in [5.41, 5.74) is 2.80. The maximum atomic E-state index is 8.83. The Morgan fingerprint density at radius 1 is 1.25 bits per heavy atom. The number of nitrogens with one attached hydrogen (secondary N) is 1. The SMILES string of the molecule is COc1ccccc1CCNc1ccc(C#N)cc1Br. The van der Waals surface area contributed by atoms with Gasteiger partial charge in [-0.05, 0) is 52.2 Å². The van der Waals surface area contributed by atoms with Crippen LogP contribution in [0.1, 0.15) is 11.1 Å². The topological polar surface area (TPSA) is 45.0 Å². The molecule has 0 aliphatic rings. The zero-order chi connectivity index (χ0) is 14.4. The summed E-state index contributed by atoms with van der Waals surface area (Å²) < 4.78 is 6.23. The van der Waals surface area contributed by atoms with Crippen LogP contribution in [0.3, 0.4) is 0 Å². The largest absolute Gasteiger partial charge is 0.496 e. The first-order valence-electron chi connectivity index (χ1n) is 6.30. The molecule has 4 heteroatoms. The van der Waals surface area contributed by atoms with Gasteiger partial charge in [-0.25, -0.2) is 0 Å². The number of nitrogens with zero attached hydrogens (tertiary/aromatic N) is 1. The molecule has 0 bridgehead atoms. The van der Waals surface area contributed by atoms with E-state index in [-0.39, 0.29) is 0 Å². The normalized spacial score (nSPS) is 9.85. The van der Waals surface area contributed by atoms with E-state index in [0.29, 0.717) is 5.56 Å². The minimum Gasteiger partial charge on any atom is -0.496 e. The molecule has 3 nitrogen and oxygen atoms in total. The van der Waals surface area contributed by atoms with Crippen LogP contribution in [0, 0.1) is 11.3 Å². The molecular formula is C16H15BrN2O. The van der Waals surface area contributed by atoms with Crippen LogP contribution < -0.4 is 10.1 Å². The smallest absolute Gasteiger partial charge is 0.122 e. The molecule has 20 heavy (non-hydrogen) atoms. The Bertz CT molecular complexity index is 635. The van der Waals surface area contributed by atoms with Gasteiger partial charge in [-0.1, -0.05) is 18.2 Å². The number of methoxy groups -OCH3 is 1. The Hall–Kier alpha value is -1.99. The molecule has 0 radical (unpaired) electrons. The summed E-state index contributed by atoms with van der Waals surface area (Å²) >= 11 is 3.46. The monoisotopic (exact) mass is 330 g/mol. The Kier molecular flexibility index (Phi) is 5.03. The molecule has 2 rings (SSSR count). The fraction of sp³-hybridized carbons (Fsp3) is 0.188. The highest BCUT2D eigenvalue weighted by molar-refractivity contribution is 9.10. The van der Waals surface area contributed by atoms with Crippen LogP contribution in [0.2, 0.25) is 0 Å². The first-order chi connectivity index (χ1) is 9.74. The molecule has 0 saturated heterocycles. The molecule has 0 amide bonds. The molecule has 0 heterocycles. The van der Waals surface area contributed by atoms with Gasteiger partial charge < -0.3 is 10.1 Å². The summed E-state index contributed by atoms with van der Waals surface area (Å²) in [5, 5.41) is 12.2. The van der Waals surface area contributed by atoms with E-state index in [9.17, 15) is 0 Å². The van der Waals surface area contributed by atoms with Gasteiger partial charge in [-0.15, -0.1) is 0 Å². The Labute approximate surface area is 127 Å². The Morgan fingerprint density at radius 2 is 2.05 bits per heavy atom. The van der Waals surface area contributed by atoms with Gasteiger partial charge in [0.15, 0.2) is 0 Å². The highest BCUT2D eigenvalue weighted by Gasteiger charge is 2.03. The predicted molar refractivity (Wildman–Crippen MR) is 84.0 cm³/mol. The quantitative estimate of drug-likeness (QED) is 0.901. The van der Waals surface area contributed by atoms with E-state index in [1.807, 2.05) is 30.3 Å². The zero-order valence-corrected chi connectivity index (χ0v) is 12.8. The molecule has 0 fully saturated rings. The van der Waals surface area contributed by atoms with Crippen LogP contribution in [-0.2, 0) is 6.42 Å². The molecule has 0 unspecified atom stereocenters. The third-order valence-electron chi connectivity index (χ3n) is 3.00. The van der Waals surface area contributed by atoms with Gasteiger partial charge in [0.25, 0.3) is 0 Å². The van der Waals surface area contributed by atoms with E-state index in [2.05, 4.69) is 33.4 Å². The summed E-state index contributed by atoms with van der Waals surface area (Å²) in [6.45, 7) is 0.797. The van der Waals surface area contributed by atoms with Crippen molar-refractivity contribution in [1.29, 1.82) is 5.26 Å². The van der Waals surface area contributed by atoms with Gasteiger partial charge in [-0.3, -0.25) is 0 Å². The van der Waals surface area contributed by atoms with Gasteiger partial charge in [0.1, 0.15) is 5.75 Å². The number of benzene rings is 2. The number of anilines is 1. The van der Waals surface area contributed by atoms with E-state index in [0.717, 1.165) is 28.9 Å². The van der Waals surface area contributed by atoms with Crippen LogP contribution in [-0.4, -0.2) is 13.7 Å². The maximum Gasteiger partial charge on any atom is 0.122 e. The molecular weight excluding hydrogens is 316 g/mol. The summed E-state index contributed by atoms with van der Waals surface area (Å²) in [6, 6.07) is 15.6. The lowest BCUT2D eigenvalue weighted by Crippen LogP contribution is -2.06. The Balaban J connectivity index is 1.98. The van der Waals surface area contributed by atoms with Gasteiger partial charge in [0.05, 0.1) is 18.7 Å². The number of ether oxygens (including phenoxy) is 1. The van der Waals surface area contributed by atoms with Crippen molar-refractivity contribution in [2.75, 3.05) is 19.0 Å². The van der Waals surface area contributed by atoms with Crippen molar-refractivity contribution < 1.29 is 4.74 Å². The van der Waals surface area contributed by atoms with E-state index < -0.39 is 0 Å². The fourth-order valence-corrected chi connectivity index (χ4v) is 2.49. The third kappa shape index (κ3) is 3.52. The first kappa shape index (κ1) is 14.4. The highest BCUT2D eigenvalue weighted by atomic mass is 79.9. The molecule has 0 atom stereocenters. The summed E-state index contributed by atoms with van der Waals surface area (Å²) in [6.07, 6.45) is 0.871. The second kappa shape index (κ2) is 6.97. The van der Waals surface area contributed by atoms with Gasteiger partial charge in [0.2, 0.25) is 0 Å². The molecule has 1 N–H and O–H groups in total. The van der Waals surface area contributed by atoms with Crippen LogP contribution in [0.15, 0.2) is 46.9 Å². The highest BCUT2D eigenvalue weighted by Crippen LogP contribution is 2.24. The van der Waals surface area contributed by atoms with Crippen LogP contribution in [0.5, 0.6) is 5.75 Å². The number of para-hydroxylation sites is 1. The lowest BCUT2D eigenvalue weighted by Gasteiger charge is -2.11. The van der Waals surface area contributed by atoms with E-state index in [4.69, 9.17) is 10.00 Å². The maximum absolute atomic E-state index is 8.83. The molecule has 0 aliphatic heterocycles. The van der Waals surface area contributed by atoms with E-state index in [1.54, 1.807) is 13.2 Å². The summed E-state index contributed by atoms with van der Waals surface area (Å²) in [7, 11) is 1.68. The minimum atomic E-state index is 0.646. The average Bonchev–Trinajstić information content (AvgIpc) is 2.49. The van der Waals surface area contributed by atoms with Crippen molar-refractivity contribution in [3.8, 4) is 11.8 Å². The average molecular weight is 331 g/mol. The number of hydrogen-bond acceptors (Lipinski definition) is 3. The number of hydrogen-bond donors (Lipinski definition) is 1. The van der Waals surface area contributed by atoms with Crippen LogP contribution in [0.25, 0.3) is 0 Å². The number of rotatable bonds is 5. The van der Waals surface area contributed by atoms with Crippen molar-refractivity contribution in [3.63, 3.8) is 0 Å². The Morgan fingerprint density at radius 3 is 2.75 bits per heavy atom. The molecule has 2 aromatic rings. The molecule has 0 aromatic heterocycles. The molecule has 2 aromatic carbocycles. The molecule has 0 spiro atoms. The lowest BCUT2D eigenvalue weighted by atomic mass is 10.1. The second-order valence-corrected chi connectivity index (χ2v) is 5.15. The third-order valence-corrected chi connectivity index (χ3v) is 3.66.